The van der Waals surface area contributed by atoms with Gasteiger partial charge in [0.2, 0.25) is 0 Å². The number of carboxylic acids is 1. The molecule has 110 valence electrons. The first-order valence-corrected chi connectivity index (χ1v) is 7.35. The quantitative estimate of drug-likeness (QED) is 0.935. The first kappa shape index (κ1) is 14.3. The van der Waals surface area contributed by atoms with Crippen LogP contribution in [0.3, 0.4) is 0 Å². The molecule has 0 unspecified atom stereocenters. The molecule has 0 radical (unpaired) electrons. The molecule has 2 aromatic heterocycles. The van der Waals surface area contributed by atoms with E-state index in [4.69, 9.17) is 23.2 Å². The van der Waals surface area contributed by atoms with Gasteiger partial charge in [-0.15, -0.1) is 10.2 Å². The van der Waals surface area contributed by atoms with Gasteiger partial charge in [-0.2, -0.15) is 5.10 Å². The molecule has 1 aliphatic carbocycles. The summed E-state index contributed by atoms with van der Waals surface area (Å²) >= 11 is 11.9. The average Bonchev–Trinajstić information content (AvgIpc) is 3.07. The molecule has 0 amide bonds. The topological polar surface area (TPSA) is 80.9 Å². The van der Waals surface area contributed by atoms with Crippen molar-refractivity contribution in [2.24, 2.45) is 0 Å². The third-order valence-electron chi connectivity index (χ3n) is 3.65. The summed E-state index contributed by atoms with van der Waals surface area (Å²) in [6.45, 7) is 0. The molecule has 8 heteroatoms. The Labute approximate surface area is 130 Å². The maximum Gasteiger partial charge on any atom is 0.340 e. The van der Waals surface area contributed by atoms with Crippen LogP contribution < -0.4 is 0 Å². The van der Waals surface area contributed by atoms with Crippen molar-refractivity contribution in [3.8, 4) is 5.82 Å². The van der Waals surface area contributed by atoms with E-state index in [-0.39, 0.29) is 21.8 Å². The molecule has 2 aromatic rings. The van der Waals surface area contributed by atoms with Gasteiger partial charge in [-0.05, 0) is 25.0 Å². The molecule has 3 rings (SSSR count). The van der Waals surface area contributed by atoms with E-state index in [0.29, 0.717) is 11.5 Å². The Morgan fingerprint density at radius 3 is 2.52 bits per heavy atom. The lowest BCUT2D eigenvalue weighted by molar-refractivity contribution is 0.0695. The Morgan fingerprint density at radius 1 is 1.24 bits per heavy atom. The minimum atomic E-state index is -1.07. The number of hydrogen-bond donors (Lipinski definition) is 1. The number of carbonyl (C=O) groups is 1. The molecule has 21 heavy (non-hydrogen) atoms. The predicted octanol–water partition coefficient (Wildman–Crippen LogP) is 3.32. The van der Waals surface area contributed by atoms with Crippen LogP contribution in [0.25, 0.3) is 5.82 Å². The van der Waals surface area contributed by atoms with Gasteiger partial charge in [0.25, 0.3) is 0 Å². The first-order chi connectivity index (χ1) is 10.1. The van der Waals surface area contributed by atoms with E-state index in [1.807, 2.05) is 0 Å². The number of nitrogens with zero attached hydrogens (tertiary/aromatic N) is 4. The minimum Gasteiger partial charge on any atom is -0.478 e. The van der Waals surface area contributed by atoms with Gasteiger partial charge in [0.1, 0.15) is 10.7 Å². The highest BCUT2D eigenvalue weighted by Gasteiger charge is 2.30. The molecule has 0 spiro atoms. The summed E-state index contributed by atoms with van der Waals surface area (Å²) in [5.74, 6) is -0.596. The molecule has 0 aliphatic heterocycles. The maximum atomic E-state index is 11.5. The van der Waals surface area contributed by atoms with Gasteiger partial charge < -0.3 is 5.11 Å². The number of aromatic carboxylic acids is 1. The van der Waals surface area contributed by atoms with Crippen LogP contribution >= 0.6 is 23.2 Å². The fourth-order valence-electron chi connectivity index (χ4n) is 2.67. The van der Waals surface area contributed by atoms with Crippen molar-refractivity contribution in [3.63, 3.8) is 0 Å². The van der Waals surface area contributed by atoms with E-state index in [1.54, 1.807) is 12.1 Å². The summed E-state index contributed by atoms with van der Waals surface area (Å²) < 4.78 is 1.31. The largest absolute Gasteiger partial charge is 0.478 e. The second kappa shape index (κ2) is 5.61. The third-order valence-corrected chi connectivity index (χ3v) is 4.20. The summed E-state index contributed by atoms with van der Waals surface area (Å²) in [7, 11) is 0. The molecular weight excluding hydrogens is 315 g/mol. The minimum absolute atomic E-state index is 0.0426. The Morgan fingerprint density at radius 2 is 1.95 bits per heavy atom. The van der Waals surface area contributed by atoms with Crippen molar-refractivity contribution in [1.29, 1.82) is 0 Å². The summed E-state index contributed by atoms with van der Waals surface area (Å²) in [5, 5.41) is 21.7. The van der Waals surface area contributed by atoms with E-state index in [0.717, 1.165) is 25.7 Å². The molecule has 1 fully saturated rings. The van der Waals surface area contributed by atoms with E-state index < -0.39 is 5.97 Å². The summed E-state index contributed by atoms with van der Waals surface area (Å²) in [6.07, 6.45) is 4.02. The molecule has 6 nitrogen and oxygen atoms in total. The van der Waals surface area contributed by atoms with Gasteiger partial charge in [0, 0.05) is 5.92 Å². The van der Waals surface area contributed by atoms with Crippen LogP contribution in [-0.2, 0) is 0 Å². The lowest BCUT2D eigenvalue weighted by Crippen LogP contribution is -2.04. The third kappa shape index (κ3) is 2.61. The van der Waals surface area contributed by atoms with Crippen LogP contribution in [0.4, 0.5) is 0 Å². The normalized spacial score (nSPS) is 15.5. The average molecular weight is 327 g/mol. The summed E-state index contributed by atoms with van der Waals surface area (Å²) in [5.41, 5.74) is 0.585. The molecule has 1 saturated carbocycles. The highest BCUT2D eigenvalue weighted by atomic mass is 35.5. The van der Waals surface area contributed by atoms with E-state index in [1.165, 1.54) is 4.68 Å². The standard InChI is InChI=1S/C13H12Cl2N4O2/c14-8-5-6-9(17-16-8)19-12(15)10(13(20)21)11(18-19)7-3-1-2-4-7/h5-7H,1-4H2,(H,20,21). The van der Waals surface area contributed by atoms with Gasteiger partial charge in [-0.1, -0.05) is 36.0 Å². The predicted molar refractivity (Wildman–Crippen MR) is 77.3 cm³/mol. The van der Waals surface area contributed by atoms with Crippen LogP contribution in [0.1, 0.15) is 47.7 Å². The molecule has 0 atom stereocenters. The Hall–Kier alpha value is -1.66. The van der Waals surface area contributed by atoms with Gasteiger partial charge in [0.05, 0.1) is 5.69 Å². The smallest absolute Gasteiger partial charge is 0.340 e. The van der Waals surface area contributed by atoms with Gasteiger partial charge in [-0.3, -0.25) is 0 Å². The zero-order valence-electron chi connectivity index (χ0n) is 11.0. The number of carboxylic acid groups (broad SMARTS) is 1. The Kier molecular flexibility index (Phi) is 3.82. The van der Waals surface area contributed by atoms with Crippen LogP contribution in [0.15, 0.2) is 12.1 Å². The number of rotatable bonds is 3. The molecule has 2 heterocycles. The Balaban J connectivity index is 2.11. The van der Waals surface area contributed by atoms with Crippen molar-refractivity contribution in [2.75, 3.05) is 0 Å². The monoisotopic (exact) mass is 326 g/mol. The highest BCUT2D eigenvalue weighted by Crippen LogP contribution is 2.37. The number of halogens is 2. The van der Waals surface area contributed by atoms with Crippen molar-refractivity contribution in [3.05, 3.63) is 33.7 Å². The SMILES string of the molecule is O=C(O)c1c(C2CCCC2)nn(-c2ccc(Cl)nn2)c1Cl. The van der Waals surface area contributed by atoms with E-state index in [2.05, 4.69) is 15.3 Å². The zero-order valence-corrected chi connectivity index (χ0v) is 12.5. The molecule has 1 aliphatic rings. The number of hydrogen-bond acceptors (Lipinski definition) is 4. The highest BCUT2D eigenvalue weighted by molar-refractivity contribution is 6.33. The lowest BCUT2D eigenvalue weighted by Gasteiger charge is -2.05. The maximum absolute atomic E-state index is 11.5. The summed E-state index contributed by atoms with van der Waals surface area (Å²) in [6, 6.07) is 3.15. The van der Waals surface area contributed by atoms with Crippen molar-refractivity contribution in [2.45, 2.75) is 31.6 Å². The van der Waals surface area contributed by atoms with Crippen molar-refractivity contribution >= 4 is 29.2 Å². The molecule has 0 aromatic carbocycles. The zero-order chi connectivity index (χ0) is 15.0. The van der Waals surface area contributed by atoms with Crippen molar-refractivity contribution in [1.82, 2.24) is 20.0 Å². The second-order valence-corrected chi connectivity index (χ2v) is 5.71. The van der Waals surface area contributed by atoms with Crippen molar-refractivity contribution < 1.29 is 9.90 Å². The van der Waals surface area contributed by atoms with E-state index >= 15 is 0 Å². The van der Waals surface area contributed by atoms with Crippen LogP contribution in [0, 0.1) is 0 Å². The molecule has 0 bridgehead atoms. The molecule has 1 N–H and O–H groups in total. The Bertz CT molecular complexity index is 678. The first-order valence-electron chi connectivity index (χ1n) is 6.59. The summed E-state index contributed by atoms with van der Waals surface area (Å²) in [4.78, 5) is 11.5. The van der Waals surface area contributed by atoms with E-state index in [9.17, 15) is 9.90 Å². The fourth-order valence-corrected chi connectivity index (χ4v) is 3.07. The van der Waals surface area contributed by atoms with Crippen LogP contribution in [-0.4, -0.2) is 31.1 Å². The van der Waals surface area contributed by atoms with Crippen LogP contribution in [0.2, 0.25) is 10.3 Å². The second-order valence-electron chi connectivity index (χ2n) is 4.96. The van der Waals surface area contributed by atoms with Gasteiger partial charge in [-0.25, -0.2) is 9.48 Å². The lowest BCUT2D eigenvalue weighted by atomic mass is 10.0. The molecule has 0 saturated heterocycles. The van der Waals surface area contributed by atoms with Gasteiger partial charge >= 0.3 is 5.97 Å². The molecular formula is C13H12Cl2N4O2. The number of aromatic nitrogens is 4. The fraction of sp³-hybridized carbons (Fsp3) is 0.385. The van der Waals surface area contributed by atoms with Gasteiger partial charge in [0.15, 0.2) is 11.0 Å². The van der Waals surface area contributed by atoms with Crippen LogP contribution in [0.5, 0.6) is 0 Å².